The summed E-state index contributed by atoms with van der Waals surface area (Å²) in [4.78, 5) is 16.3. The van der Waals surface area contributed by atoms with Gasteiger partial charge in [-0.05, 0) is 57.5 Å². The molecule has 1 amide bonds. The van der Waals surface area contributed by atoms with Crippen LogP contribution in [0.3, 0.4) is 0 Å². The number of hydrogen-bond donors (Lipinski definition) is 3. The Hall–Kier alpha value is -2.17. The van der Waals surface area contributed by atoms with Gasteiger partial charge in [0.2, 0.25) is 5.91 Å². The van der Waals surface area contributed by atoms with Gasteiger partial charge in [-0.3, -0.25) is 9.48 Å². The summed E-state index contributed by atoms with van der Waals surface area (Å²) in [5.41, 5.74) is 2.70. The lowest BCUT2D eigenvalue weighted by atomic mass is 10.3. The first-order valence-corrected chi connectivity index (χ1v) is 9.06. The van der Waals surface area contributed by atoms with E-state index < -0.39 is 0 Å². The third-order valence-corrected chi connectivity index (χ3v) is 3.80. The number of aliphatic imine (C=N–C) groups is 1. The van der Waals surface area contributed by atoms with E-state index in [1.54, 1.807) is 0 Å². The highest BCUT2D eigenvalue weighted by molar-refractivity contribution is 14.0. The van der Waals surface area contributed by atoms with Crippen LogP contribution in [0, 0.1) is 19.7 Å². The Morgan fingerprint density at radius 3 is 2.54 bits per heavy atom. The summed E-state index contributed by atoms with van der Waals surface area (Å²) < 4.78 is 14.9. The topological polar surface area (TPSA) is 83.3 Å². The van der Waals surface area contributed by atoms with Crippen LogP contribution in [-0.4, -0.2) is 41.3 Å². The number of carbonyl (C=O) groups is 1. The van der Waals surface area contributed by atoms with Gasteiger partial charge in [0.05, 0.1) is 5.69 Å². The average molecular weight is 502 g/mol. The molecule has 0 aliphatic heterocycles. The Balaban J connectivity index is 0.00000392. The third-order valence-electron chi connectivity index (χ3n) is 3.80. The maximum Gasteiger partial charge on any atom is 0.246 e. The van der Waals surface area contributed by atoms with Crippen molar-refractivity contribution in [2.45, 2.75) is 33.7 Å². The molecule has 1 aromatic heterocycles. The standard InChI is InChI=1S/C19H27FN6O.HI/c1-4-21-19(22-10-5-11-26-15(3)12-14(2)25-26)23-13-18(27)24-17-8-6-16(20)7-9-17;/h6-9,12H,4-5,10-11,13H2,1-3H3,(H,24,27)(H2,21,22,23);1H. The number of nitrogens with one attached hydrogen (secondary N) is 3. The van der Waals surface area contributed by atoms with Crippen molar-refractivity contribution < 1.29 is 9.18 Å². The second-order valence-electron chi connectivity index (χ2n) is 6.18. The maximum atomic E-state index is 12.9. The van der Waals surface area contributed by atoms with Crippen molar-refractivity contribution >= 4 is 41.5 Å². The normalized spacial score (nSPS) is 10.9. The number of amides is 1. The number of rotatable bonds is 8. The maximum absolute atomic E-state index is 12.9. The predicted molar refractivity (Wildman–Crippen MR) is 121 cm³/mol. The average Bonchev–Trinajstić information content (AvgIpc) is 2.95. The van der Waals surface area contributed by atoms with Crippen LogP contribution >= 0.6 is 24.0 Å². The minimum Gasteiger partial charge on any atom is -0.357 e. The molecule has 0 unspecified atom stereocenters. The van der Waals surface area contributed by atoms with Crippen molar-refractivity contribution in [1.29, 1.82) is 0 Å². The van der Waals surface area contributed by atoms with Crippen LogP contribution in [0.5, 0.6) is 0 Å². The van der Waals surface area contributed by atoms with Gasteiger partial charge in [-0.25, -0.2) is 9.38 Å². The minimum absolute atomic E-state index is 0. The van der Waals surface area contributed by atoms with Crippen molar-refractivity contribution in [2.24, 2.45) is 4.99 Å². The lowest BCUT2D eigenvalue weighted by Crippen LogP contribution is -2.38. The molecule has 0 saturated carbocycles. The molecule has 0 fully saturated rings. The van der Waals surface area contributed by atoms with E-state index >= 15 is 0 Å². The summed E-state index contributed by atoms with van der Waals surface area (Å²) in [5.74, 6) is -0.0216. The zero-order valence-electron chi connectivity index (χ0n) is 16.5. The second kappa shape index (κ2) is 12.3. The number of aromatic nitrogens is 2. The Labute approximate surface area is 182 Å². The third kappa shape index (κ3) is 8.24. The number of anilines is 1. The van der Waals surface area contributed by atoms with Crippen LogP contribution in [0.2, 0.25) is 0 Å². The van der Waals surface area contributed by atoms with Gasteiger partial charge in [0.1, 0.15) is 12.4 Å². The Bertz CT molecular complexity index is 775. The first kappa shape index (κ1) is 23.9. The van der Waals surface area contributed by atoms with Crippen LogP contribution in [0.15, 0.2) is 35.3 Å². The number of aryl methyl sites for hydroxylation is 3. The number of nitrogens with zero attached hydrogens (tertiary/aromatic N) is 3. The molecule has 2 aromatic rings. The molecule has 1 aromatic carbocycles. The minimum atomic E-state index is -0.342. The lowest BCUT2D eigenvalue weighted by Gasteiger charge is -2.12. The van der Waals surface area contributed by atoms with Gasteiger partial charge < -0.3 is 16.0 Å². The molecule has 0 atom stereocenters. The molecule has 7 nitrogen and oxygen atoms in total. The zero-order chi connectivity index (χ0) is 19.6. The van der Waals surface area contributed by atoms with E-state index in [4.69, 9.17) is 0 Å². The fraction of sp³-hybridized carbons (Fsp3) is 0.421. The Morgan fingerprint density at radius 2 is 1.93 bits per heavy atom. The SMILES string of the molecule is CCNC(=NCC(=O)Nc1ccc(F)cc1)NCCCn1nc(C)cc1C.I. The van der Waals surface area contributed by atoms with Gasteiger partial charge in [0.15, 0.2) is 5.96 Å². The molecule has 1 heterocycles. The molecule has 28 heavy (non-hydrogen) atoms. The van der Waals surface area contributed by atoms with Gasteiger partial charge >= 0.3 is 0 Å². The monoisotopic (exact) mass is 502 g/mol. The Kier molecular flexibility index (Phi) is 10.5. The molecular formula is C19H28FIN6O. The fourth-order valence-corrected chi connectivity index (χ4v) is 2.56. The molecule has 154 valence electrons. The van der Waals surface area contributed by atoms with Crippen LogP contribution in [0.25, 0.3) is 0 Å². The molecule has 0 aliphatic rings. The van der Waals surface area contributed by atoms with Crippen LogP contribution in [0.4, 0.5) is 10.1 Å². The van der Waals surface area contributed by atoms with Crippen molar-refractivity contribution in [3.8, 4) is 0 Å². The van der Waals surface area contributed by atoms with Crippen molar-refractivity contribution in [1.82, 2.24) is 20.4 Å². The molecule has 3 N–H and O–H groups in total. The first-order chi connectivity index (χ1) is 13.0. The summed E-state index contributed by atoms with van der Waals surface area (Å²) in [7, 11) is 0. The summed E-state index contributed by atoms with van der Waals surface area (Å²) in [5, 5.41) is 13.4. The van der Waals surface area contributed by atoms with E-state index in [9.17, 15) is 9.18 Å². The number of guanidine groups is 1. The molecule has 0 aliphatic carbocycles. The van der Waals surface area contributed by atoms with Gasteiger partial charge in [-0.15, -0.1) is 24.0 Å². The number of carbonyl (C=O) groups excluding carboxylic acids is 1. The molecule has 0 radical (unpaired) electrons. The number of hydrogen-bond acceptors (Lipinski definition) is 3. The lowest BCUT2D eigenvalue weighted by molar-refractivity contribution is -0.114. The number of benzene rings is 1. The highest BCUT2D eigenvalue weighted by Crippen LogP contribution is 2.07. The number of halogens is 2. The zero-order valence-corrected chi connectivity index (χ0v) is 18.8. The Morgan fingerprint density at radius 1 is 1.21 bits per heavy atom. The highest BCUT2D eigenvalue weighted by Gasteiger charge is 2.04. The largest absolute Gasteiger partial charge is 0.357 e. The highest BCUT2D eigenvalue weighted by atomic mass is 127. The van der Waals surface area contributed by atoms with E-state index in [0.717, 1.165) is 24.4 Å². The first-order valence-electron chi connectivity index (χ1n) is 9.06. The second-order valence-corrected chi connectivity index (χ2v) is 6.18. The molecule has 9 heteroatoms. The molecular weight excluding hydrogens is 474 g/mol. The fourth-order valence-electron chi connectivity index (χ4n) is 2.56. The van der Waals surface area contributed by atoms with Gasteiger partial charge in [0.25, 0.3) is 0 Å². The molecule has 2 rings (SSSR count). The summed E-state index contributed by atoms with van der Waals surface area (Å²) in [6, 6.07) is 7.68. The van der Waals surface area contributed by atoms with E-state index in [2.05, 4.69) is 32.1 Å². The molecule has 0 bridgehead atoms. The van der Waals surface area contributed by atoms with Crippen molar-refractivity contribution in [3.05, 3.63) is 47.5 Å². The van der Waals surface area contributed by atoms with Crippen LogP contribution < -0.4 is 16.0 Å². The van der Waals surface area contributed by atoms with Crippen molar-refractivity contribution in [2.75, 3.05) is 25.0 Å². The molecule has 0 saturated heterocycles. The van der Waals surface area contributed by atoms with E-state index in [-0.39, 0.29) is 42.2 Å². The smallest absolute Gasteiger partial charge is 0.246 e. The van der Waals surface area contributed by atoms with E-state index in [1.165, 1.54) is 24.3 Å². The quantitative estimate of drug-likeness (QED) is 0.225. The predicted octanol–water partition coefficient (Wildman–Crippen LogP) is 2.84. The summed E-state index contributed by atoms with van der Waals surface area (Å²) >= 11 is 0. The van der Waals surface area contributed by atoms with Crippen molar-refractivity contribution in [3.63, 3.8) is 0 Å². The molecule has 0 spiro atoms. The van der Waals surface area contributed by atoms with Crippen LogP contribution in [-0.2, 0) is 11.3 Å². The van der Waals surface area contributed by atoms with Crippen LogP contribution in [0.1, 0.15) is 24.7 Å². The van der Waals surface area contributed by atoms with Gasteiger partial charge in [-0.2, -0.15) is 5.10 Å². The summed E-state index contributed by atoms with van der Waals surface area (Å²) in [6.45, 7) is 8.19. The van der Waals surface area contributed by atoms with Gasteiger partial charge in [0, 0.05) is 31.0 Å². The van der Waals surface area contributed by atoms with E-state index in [0.29, 0.717) is 24.7 Å². The summed E-state index contributed by atoms with van der Waals surface area (Å²) in [6.07, 6.45) is 0.883. The van der Waals surface area contributed by atoms with E-state index in [1.807, 2.05) is 25.5 Å². The van der Waals surface area contributed by atoms with Gasteiger partial charge in [-0.1, -0.05) is 0 Å².